The van der Waals surface area contributed by atoms with Crippen molar-refractivity contribution >= 4 is 17.5 Å². The average molecular weight is 326 g/mol. The van der Waals surface area contributed by atoms with Crippen molar-refractivity contribution in [1.29, 1.82) is 0 Å². The Kier molecular flexibility index (Phi) is 5.68. The number of allylic oxidation sites excluding steroid dienone is 1. The third-order valence-corrected chi connectivity index (χ3v) is 4.88. The number of amides is 2. The zero-order valence-corrected chi connectivity index (χ0v) is 14.2. The molecule has 0 bridgehead atoms. The number of carbonyl (C=O) groups is 2. The van der Waals surface area contributed by atoms with Crippen LogP contribution in [0, 0.1) is 0 Å². The van der Waals surface area contributed by atoms with Gasteiger partial charge in [-0.1, -0.05) is 29.8 Å². The second kappa shape index (κ2) is 8.13. The molecule has 0 unspecified atom stereocenters. The van der Waals surface area contributed by atoms with E-state index in [0.717, 1.165) is 37.8 Å². The Morgan fingerprint density at radius 2 is 1.96 bits per heavy atom. The van der Waals surface area contributed by atoms with Gasteiger partial charge < -0.3 is 10.2 Å². The Morgan fingerprint density at radius 3 is 2.79 bits per heavy atom. The molecule has 1 heterocycles. The summed E-state index contributed by atoms with van der Waals surface area (Å²) in [5.41, 5.74) is 3.61. The van der Waals surface area contributed by atoms with E-state index in [2.05, 4.69) is 17.5 Å². The van der Waals surface area contributed by atoms with Crippen molar-refractivity contribution in [2.45, 2.75) is 51.4 Å². The van der Waals surface area contributed by atoms with Crippen molar-refractivity contribution in [3.63, 3.8) is 0 Å². The van der Waals surface area contributed by atoms with Gasteiger partial charge >= 0.3 is 0 Å². The molecule has 0 fully saturated rings. The molecule has 24 heavy (non-hydrogen) atoms. The molecule has 0 aromatic heterocycles. The number of fused-ring (bicyclic) bond motifs is 1. The normalized spacial score (nSPS) is 17.0. The fourth-order valence-electron chi connectivity index (χ4n) is 3.58. The molecule has 0 spiro atoms. The van der Waals surface area contributed by atoms with Crippen LogP contribution in [-0.2, 0) is 16.0 Å². The molecule has 4 nitrogen and oxygen atoms in total. The number of rotatable bonds is 5. The highest BCUT2D eigenvalue weighted by Gasteiger charge is 2.23. The summed E-state index contributed by atoms with van der Waals surface area (Å²) >= 11 is 0. The van der Waals surface area contributed by atoms with Gasteiger partial charge in [-0.25, -0.2) is 0 Å². The first kappa shape index (κ1) is 16.7. The monoisotopic (exact) mass is 326 g/mol. The van der Waals surface area contributed by atoms with Gasteiger partial charge in [0.1, 0.15) is 6.42 Å². The molecule has 1 aliphatic carbocycles. The van der Waals surface area contributed by atoms with Crippen LogP contribution in [0.15, 0.2) is 35.9 Å². The average Bonchev–Trinajstić information content (AvgIpc) is 2.62. The van der Waals surface area contributed by atoms with Crippen LogP contribution in [0.5, 0.6) is 0 Å². The van der Waals surface area contributed by atoms with E-state index in [1.807, 2.05) is 18.2 Å². The molecule has 1 aliphatic heterocycles. The molecule has 0 radical (unpaired) electrons. The van der Waals surface area contributed by atoms with Crippen molar-refractivity contribution in [2.75, 3.05) is 18.0 Å². The van der Waals surface area contributed by atoms with Crippen LogP contribution >= 0.6 is 0 Å². The van der Waals surface area contributed by atoms with Gasteiger partial charge in [0.25, 0.3) is 0 Å². The third kappa shape index (κ3) is 4.25. The minimum atomic E-state index is -0.167. The Hall–Kier alpha value is -2.10. The first-order chi connectivity index (χ1) is 11.7. The molecular formula is C20H26N2O2. The summed E-state index contributed by atoms with van der Waals surface area (Å²) in [7, 11) is 0. The van der Waals surface area contributed by atoms with Crippen molar-refractivity contribution in [3.8, 4) is 0 Å². The van der Waals surface area contributed by atoms with Crippen LogP contribution < -0.4 is 10.2 Å². The molecule has 0 atom stereocenters. The minimum absolute atomic E-state index is 0.0621. The maximum atomic E-state index is 12.5. The van der Waals surface area contributed by atoms with Gasteiger partial charge in [0.05, 0.1) is 0 Å². The predicted molar refractivity (Wildman–Crippen MR) is 95.9 cm³/mol. The van der Waals surface area contributed by atoms with Crippen LogP contribution in [0.2, 0.25) is 0 Å². The molecule has 2 amide bonds. The molecule has 1 N–H and O–H groups in total. The number of anilines is 1. The maximum absolute atomic E-state index is 12.5. The van der Waals surface area contributed by atoms with Crippen LogP contribution in [0.3, 0.4) is 0 Å². The van der Waals surface area contributed by atoms with Crippen LogP contribution in [0.25, 0.3) is 0 Å². The van der Waals surface area contributed by atoms with Gasteiger partial charge in [-0.15, -0.1) is 0 Å². The van der Waals surface area contributed by atoms with E-state index in [1.54, 1.807) is 4.90 Å². The second-order valence-corrected chi connectivity index (χ2v) is 6.66. The zero-order valence-electron chi connectivity index (χ0n) is 14.2. The van der Waals surface area contributed by atoms with E-state index < -0.39 is 0 Å². The molecule has 0 saturated carbocycles. The van der Waals surface area contributed by atoms with Gasteiger partial charge in [0.15, 0.2) is 0 Å². The van der Waals surface area contributed by atoms with Crippen LogP contribution in [0.1, 0.15) is 50.5 Å². The number of aryl methyl sites for hydroxylation is 1. The van der Waals surface area contributed by atoms with Crippen molar-refractivity contribution in [3.05, 3.63) is 41.5 Å². The predicted octanol–water partition coefficient (Wildman–Crippen LogP) is 3.36. The summed E-state index contributed by atoms with van der Waals surface area (Å²) < 4.78 is 0. The maximum Gasteiger partial charge on any atom is 0.236 e. The lowest BCUT2D eigenvalue weighted by Gasteiger charge is -2.29. The summed E-state index contributed by atoms with van der Waals surface area (Å²) in [6, 6.07) is 7.98. The van der Waals surface area contributed by atoms with Crippen molar-refractivity contribution in [2.24, 2.45) is 0 Å². The summed E-state index contributed by atoms with van der Waals surface area (Å²) in [4.78, 5) is 26.3. The highest BCUT2D eigenvalue weighted by molar-refractivity contribution is 6.05. The molecule has 0 saturated heterocycles. The number of nitrogens with one attached hydrogen (secondary N) is 1. The number of benzene rings is 1. The van der Waals surface area contributed by atoms with E-state index in [9.17, 15) is 9.59 Å². The molecule has 128 valence electrons. The van der Waals surface area contributed by atoms with Crippen molar-refractivity contribution in [1.82, 2.24) is 5.32 Å². The first-order valence-corrected chi connectivity index (χ1v) is 9.07. The molecular weight excluding hydrogens is 300 g/mol. The second-order valence-electron chi connectivity index (χ2n) is 6.66. The molecule has 3 rings (SSSR count). The highest BCUT2D eigenvalue weighted by Crippen LogP contribution is 2.27. The number of hydrogen-bond acceptors (Lipinski definition) is 2. The van der Waals surface area contributed by atoms with Gasteiger partial charge in [-0.05, 0) is 56.6 Å². The lowest BCUT2D eigenvalue weighted by molar-refractivity contribution is -0.127. The Balaban J connectivity index is 1.48. The Bertz CT molecular complexity index is 636. The lowest BCUT2D eigenvalue weighted by atomic mass is 9.97. The summed E-state index contributed by atoms with van der Waals surface area (Å²) in [6.07, 6.45) is 9.95. The standard InChI is InChI=1S/C20H26N2O2/c23-19(21-13-12-16-7-2-1-3-8-16)15-20(24)22-14-6-10-17-9-4-5-11-18(17)22/h4-5,7,9,11H,1-3,6,8,10,12-15H2,(H,21,23). The minimum Gasteiger partial charge on any atom is -0.355 e. The number of nitrogens with zero attached hydrogens (tertiary/aromatic N) is 1. The van der Waals surface area contributed by atoms with E-state index in [-0.39, 0.29) is 18.2 Å². The van der Waals surface area contributed by atoms with E-state index in [0.29, 0.717) is 13.1 Å². The van der Waals surface area contributed by atoms with Gasteiger partial charge in [-0.3, -0.25) is 9.59 Å². The van der Waals surface area contributed by atoms with E-state index >= 15 is 0 Å². The van der Waals surface area contributed by atoms with Crippen LogP contribution in [0.4, 0.5) is 5.69 Å². The number of para-hydroxylation sites is 1. The fraction of sp³-hybridized carbons (Fsp3) is 0.500. The smallest absolute Gasteiger partial charge is 0.236 e. The topological polar surface area (TPSA) is 49.4 Å². The highest BCUT2D eigenvalue weighted by atomic mass is 16.2. The van der Waals surface area contributed by atoms with Gasteiger partial charge in [0, 0.05) is 18.8 Å². The first-order valence-electron chi connectivity index (χ1n) is 9.07. The Morgan fingerprint density at radius 1 is 1.08 bits per heavy atom. The fourth-order valence-corrected chi connectivity index (χ4v) is 3.58. The van der Waals surface area contributed by atoms with E-state index in [4.69, 9.17) is 0 Å². The SMILES string of the molecule is O=C(CC(=O)N1CCCc2ccccc21)NCCC1=CCCCC1. The third-order valence-electron chi connectivity index (χ3n) is 4.88. The number of hydrogen-bond donors (Lipinski definition) is 1. The molecule has 2 aliphatic rings. The molecule has 4 heteroatoms. The summed E-state index contributed by atoms with van der Waals surface area (Å²) in [5, 5.41) is 2.90. The zero-order chi connectivity index (χ0) is 16.8. The quantitative estimate of drug-likeness (QED) is 0.666. The molecule has 1 aromatic carbocycles. The largest absolute Gasteiger partial charge is 0.355 e. The summed E-state index contributed by atoms with van der Waals surface area (Å²) in [6.45, 7) is 1.34. The summed E-state index contributed by atoms with van der Waals surface area (Å²) in [5.74, 6) is -0.268. The van der Waals surface area contributed by atoms with Crippen LogP contribution in [-0.4, -0.2) is 24.9 Å². The molecule has 1 aromatic rings. The van der Waals surface area contributed by atoms with Gasteiger partial charge in [-0.2, -0.15) is 0 Å². The van der Waals surface area contributed by atoms with Crippen molar-refractivity contribution < 1.29 is 9.59 Å². The number of carbonyl (C=O) groups excluding carboxylic acids is 2. The van der Waals surface area contributed by atoms with Gasteiger partial charge in [0.2, 0.25) is 11.8 Å². The lowest BCUT2D eigenvalue weighted by Crippen LogP contribution is -2.39. The van der Waals surface area contributed by atoms with E-state index in [1.165, 1.54) is 24.0 Å². The Labute approximate surface area is 143 Å².